The Balaban J connectivity index is 2.50. The highest BCUT2D eigenvalue weighted by Crippen LogP contribution is 2.31. The van der Waals surface area contributed by atoms with Crippen LogP contribution in [0.1, 0.15) is 28.3 Å². The minimum atomic E-state index is -0.216. The lowest BCUT2D eigenvalue weighted by Gasteiger charge is -2.19. The van der Waals surface area contributed by atoms with Gasteiger partial charge in [-0.1, -0.05) is 35.9 Å². The van der Waals surface area contributed by atoms with E-state index in [1.807, 2.05) is 44.2 Å². The third kappa shape index (κ3) is 2.75. The molecular weight excluding hydrogens is 258 g/mol. The van der Waals surface area contributed by atoms with E-state index in [-0.39, 0.29) is 6.04 Å². The summed E-state index contributed by atoms with van der Waals surface area (Å²) in [6.07, 6.45) is 0. The van der Waals surface area contributed by atoms with Gasteiger partial charge in [0.25, 0.3) is 0 Å². The Kier molecular flexibility index (Phi) is 4.13. The lowest BCUT2D eigenvalue weighted by Crippen LogP contribution is -2.14. The third-order valence-corrected chi connectivity index (χ3v) is 3.76. The molecule has 0 amide bonds. The maximum Gasteiger partial charge on any atom is 0.123 e. The summed E-state index contributed by atoms with van der Waals surface area (Å²) in [7, 11) is 1.66. The zero-order chi connectivity index (χ0) is 14.0. The number of rotatable bonds is 3. The molecule has 19 heavy (non-hydrogen) atoms. The van der Waals surface area contributed by atoms with Crippen LogP contribution in [0.25, 0.3) is 0 Å². The van der Waals surface area contributed by atoms with Crippen molar-refractivity contribution >= 4 is 11.6 Å². The van der Waals surface area contributed by atoms with Crippen LogP contribution in [0.5, 0.6) is 5.75 Å². The summed E-state index contributed by atoms with van der Waals surface area (Å²) in [5, 5.41) is 0.772. The summed E-state index contributed by atoms with van der Waals surface area (Å²) in [5.41, 5.74) is 10.6. The van der Waals surface area contributed by atoms with E-state index in [1.54, 1.807) is 7.11 Å². The molecule has 0 spiro atoms. The fourth-order valence-corrected chi connectivity index (χ4v) is 2.45. The minimum absolute atomic E-state index is 0.216. The number of hydrogen-bond acceptors (Lipinski definition) is 2. The molecule has 3 heteroatoms. The van der Waals surface area contributed by atoms with E-state index in [1.165, 1.54) is 0 Å². The Morgan fingerprint density at radius 2 is 1.74 bits per heavy atom. The van der Waals surface area contributed by atoms with Gasteiger partial charge in [0.2, 0.25) is 0 Å². The van der Waals surface area contributed by atoms with Gasteiger partial charge in [0.15, 0.2) is 0 Å². The molecule has 0 aliphatic carbocycles. The minimum Gasteiger partial charge on any atom is -0.496 e. The lowest BCUT2D eigenvalue weighted by atomic mass is 9.93. The summed E-state index contributed by atoms with van der Waals surface area (Å²) < 4.78 is 5.38. The van der Waals surface area contributed by atoms with E-state index < -0.39 is 0 Å². The zero-order valence-electron chi connectivity index (χ0n) is 11.4. The van der Waals surface area contributed by atoms with Crippen LogP contribution in [0.3, 0.4) is 0 Å². The van der Waals surface area contributed by atoms with Gasteiger partial charge in [-0.3, -0.25) is 0 Å². The van der Waals surface area contributed by atoms with Gasteiger partial charge in [-0.15, -0.1) is 0 Å². The van der Waals surface area contributed by atoms with E-state index in [0.717, 1.165) is 33.0 Å². The molecule has 0 saturated heterocycles. The Morgan fingerprint density at radius 1 is 1.05 bits per heavy atom. The molecule has 0 heterocycles. The molecule has 2 rings (SSSR count). The number of methoxy groups -OCH3 is 1. The first-order valence-electron chi connectivity index (χ1n) is 6.19. The highest BCUT2D eigenvalue weighted by atomic mass is 35.5. The predicted octanol–water partition coefficient (Wildman–Crippen LogP) is 4.01. The number of para-hydroxylation sites is 1. The van der Waals surface area contributed by atoms with Gasteiger partial charge in [0.1, 0.15) is 5.75 Å². The fourth-order valence-electron chi connectivity index (χ4n) is 2.23. The molecule has 100 valence electrons. The van der Waals surface area contributed by atoms with Gasteiger partial charge in [0, 0.05) is 10.6 Å². The summed E-state index contributed by atoms with van der Waals surface area (Å²) in [4.78, 5) is 0. The van der Waals surface area contributed by atoms with Crippen LogP contribution in [0.2, 0.25) is 5.02 Å². The molecule has 2 aromatic rings. The van der Waals surface area contributed by atoms with Crippen LogP contribution < -0.4 is 10.5 Å². The highest BCUT2D eigenvalue weighted by Gasteiger charge is 2.16. The van der Waals surface area contributed by atoms with Crippen molar-refractivity contribution in [3.05, 3.63) is 63.7 Å². The second-order valence-corrected chi connectivity index (χ2v) is 5.08. The molecule has 0 saturated carbocycles. The number of halogens is 1. The first-order chi connectivity index (χ1) is 9.04. The largest absolute Gasteiger partial charge is 0.496 e. The lowest BCUT2D eigenvalue weighted by molar-refractivity contribution is 0.408. The number of nitrogens with two attached hydrogens (primary N) is 1. The maximum atomic E-state index is 6.39. The first-order valence-corrected chi connectivity index (χ1v) is 6.57. The number of ether oxygens (including phenoxy) is 1. The van der Waals surface area contributed by atoms with Crippen molar-refractivity contribution in [2.45, 2.75) is 19.9 Å². The van der Waals surface area contributed by atoms with Crippen LogP contribution in [0.15, 0.2) is 36.4 Å². The van der Waals surface area contributed by atoms with E-state index in [4.69, 9.17) is 22.1 Å². The topological polar surface area (TPSA) is 35.2 Å². The Morgan fingerprint density at radius 3 is 2.42 bits per heavy atom. The molecule has 2 nitrogen and oxygen atoms in total. The van der Waals surface area contributed by atoms with Crippen LogP contribution in [-0.4, -0.2) is 7.11 Å². The molecule has 0 aliphatic rings. The fraction of sp³-hybridized carbons (Fsp3) is 0.250. The van der Waals surface area contributed by atoms with E-state index in [0.29, 0.717) is 0 Å². The molecule has 0 radical (unpaired) electrons. The average molecular weight is 276 g/mol. The number of aryl methyl sites for hydroxylation is 2. The van der Waals surface area contributed by atoms with Crippen molar-refractivity contribution in [1.82, 2.24) is 0 Å². The average Bonchev–Trinajstić information content (AvgIpc) is 2.42. The van der Waals surface area contributed by atoms with Crippen molar-refractivity contribution in [2.24, 2.45) is 5.73 Å². The quantitative estimate of drug-likeness (QED) is 0.918. The molecule has 1 unspecified atom stereocenters. The summed E-state index contributed by atoms with van der Waals surface area (Å²) in [5.74, 6) is 0.807. The van der Waals surface area contributed by atoms with Crippen LogP contribution in [-0.2, 0) is 0 Å². The van der Waals surface area contributed by atoms with Crippen molar-refractivity contribution in [1.29, 1.82) is 0 Å². The normalized spacial score (nSPS) is 12.3. The van der Waals surface area contributed by atoms with E-state index in [9.17, 15) is 0 Å². The molecule has 2 aromatic carbocycles. The maximum absolute atomic E-state index is 6.39. The molecule has 0 fully saturated rings. The van der Waals surface area contributed by atoms with Gasteiger partial charge in [0.05, 0.1) is 13.2 Å². The molecule has 2 N–H and O–H groups in total. The number of hydrogen-bond donors (Lipinski definition) is 1. The van der Waals surface area contributed by atoms with E-state index in [2.05, 4.69) is 6.07 Å². The molecular formula is C16H18ClNO. The Labute approximate surface area is 119 Å². The van der Waals surface area contributed by atoms with Crippen LogP contribution >= 0.6 is 11.6 Å². The zero-order valence-corrected chi connectivity index (χ0v) is 12.2. The van der Waals surface area contributed by atoms with Gasteiger partial charge in [-0.05, 0) is 42.7 Å². The van der Waals surface area contributed by atoms with Gasteiger partial charge >= 0.3 is 0 Å². The Hall–Kier alpha value is -1.51. The van der Waals surface area contributed by atoms with Crippen LogP contribution in [0.4, 0.5) is 0 Å². The second-order valence-electron chi connectivity index (χ2n) is 4.68. The number of benzene rings is 2. The SMILES string of the molecule is COc1ccccc1C(N)c1cc(C)c(Cl)cc1C. The third-order valence-electron chi connectivity index (χ3n) is 3.36. The summed E-state index contributed by atoms with van der Waals surface area (Å²) in [6, 6.07) is 11.6. The first kappa shape index (κ1) is 13.9. The molecule has 0 aromatic heterocycles. The van der Waals surface area contributed by atoms with E-state index >= 15 is 0 Å². The van der Waals surface area contributed by atoms with Gasteiger partial charge < -0.3 is 10.5 Å². The van der Waals surface area contributed by atoms with Crippen molar-refractivity contribution in [2.75, 3.05) is 7.11 Å². The smallest absolute Gasteiger partial charge is 0.123 e. The van der Waals surface area contributed by atoms with Crippen molar-refractivity contribution < 1.29 is 4.74 Å². The monoisotopic (exact) mass is 275 g/mol. The molecule has 0 aliphatic heterocycles. The second kappa shape index (κ2) is 5.64. The summed E-state index contributed by atoms with van der Waals surface area (Å²) in [6.45, 7) is 4.01. The Bertz CT molecular complexity index is 595. The predicted molar refractivity (Wildman–Crippen MR) is 80.0 cm³/mol. The molecule has 1 atom stereocenters. The van der Waals surface area contributed by atoms with Gasteiger partial charge in [-0.25, -0.2) is 0 Å². The standard InChI is InChI=1S/C16H18ClNO/c1-10-9-14(17)11(2)8-13(10)16(18)12-6-4-5-7-15(12)19-3/h4-9,16H,18H2,1-3H3. The van der Waals surface area contributed by atoms with Crippen molar-refractivity contribution in [3.63, 3.8) is 0 Å². The van der Waals surface area contributed by atoms with Crippen molar-refractivity contribution in [3.8, 4) is 5.75 Å². The summed E-state index contributed by atoms with van der Waals surface area (Å²) >= 11 is 6.13. The highest BCUT2D eigenvalue weighted by molar-refractivity contribution is 6.31. The van der Waals surface area contributed by atoms with Gasteiger partial charge in [-0.2, -0.15) is 0 Å². The van der Waals surface area contributed by atoms with Crippen LogP contribution in [0, 0.1) is 13.8 Å². The molecule has 0 bridgehead atoms.